The number of rotatable bonds is 7. The minimum Gasteiger partial charge on any atom is -0.409 e. The number of hydrogen-bond acceptors (Lipinski definition) is 4. The predicted octanol–water partition coefficient (Wildman–Crippen LogP) is 1.28. The first kappa shape index (κ1) is 16.8. The largest absolute Gasteiger partial charge is 0.409 e. The number of amides is 1. The van der Waals surface area contributed by atoms with Crippen LogP contribution in [-0.4, -0.2) is 47.5 Å². The summed E-state index contributed by atoms with van der Waals surface area (Å²) in [6.07, 6.45) is 6.15. The summed E-state index contributed by atoms with van der Waals surface area (Å²) in [6.45, 7) is 3.80. The van der Waals surface area contributed by atoms with Gasteiger partial charge in [0.1, 0.15) is 5.54 Å². The van der Waals surface area contributed by atoms with Gasteiger partial charge in [0.2, 0.25) is 5.91 Å². The number of likely N-dealkylation sites (tertiary alicyclic amines) is 1. The first-order valence-electron chi connectivity index (χ1n) is 7.51. The zero-order valence-electron chi connectivity index (χ0n) is 12.7. The number of oxime groups is 1. The quantitative estimate of drug-likeness (QED) is 0.216. The summed E-state index contributed by atoms with van der Waals surface area (Å²) in [5.74, 6) is 0.116. The number of piperidine rings is 1. The SMILES string of the molecule is CCCCCCC(=O)NC1(C(N)=NO)CCN(C)CC1. The molecule has 116 valence electrons. The molecule has 1 amide bonds. The molecule has 6 heteroatoms. The number of nitrogens with two attached hydrogens (primary N) is 1. The molecule has 1 heterocycles. The minimum atomic E-state index is -0.677. The molecule has 1 saturated heterocycles. The fraction of sp³-hybridized carbons (Fsp3) is 0.857. The van der Waals surface area contributed by atoms with Crippen molar-refractivity contribution in [2.45, 2.75) is 57.4 Å². The molecular weight excluding hydrogens is 256 g/mol. The molecule has 0 aromatic carbocycles. The molecule has 0 spiro atoms. The van der Waals surface area contributed by atoms with Crippen LogP contribution in [0.4, 0.5) is 0 Å². The lowest BCUT2D eigenvalue weighted by atomic mass is 9.86. The maximum atomic E-state index is 12.1. The first-order valence-corrected chi connectivity index (χ1v) is 7.51. The summed E-state index contributed by atoms with van der Waals surface area (Å²) in [6, 6.07) is 0. The Bertz CT molecular complexity index is 336. The van der Waals surface area contributed by atoms with Gasteiger partial charge in [0.05, 0.1) is 0 Å². The fourth-order valence-corrected chi connectivity index (χ4v) is 2.58. The van der Waals surface area contributed by atoms with Crippen molar-refractivity contribution in [3.8, 4) is 0 Å². The van der Waals surface area contributed by atoms with Gasteiger partial charge >= 0.3 is 0 Å². The van der Waals surface area contributed by atoms with Gasteiger partial charge < -0.3 is 21.2 Å². The Kier molecular flexibility index (Phi) is 6.78. The number of nitrogens with zero attached hydrogens (tertiary/aromatic N) is 2. The Balaban J connectivity index is 2.55. The normalized spacial score (nSPS) is 19.8. The lowest BCUT2D eigenvalue weighted by Crippen LogP contribution is -2.62. The summed E-state index contributed by atoms with van der Waals surface area (Å²) in [5.41, 5.74) is 5.14. The van der Waals surface area contributed by atoms with Gasteiger partial charge in [-0.15, -0.1) is 0 Å². The Labute approximate surface area is 121 Å². The van der Waals surface area contributed by atoms with Gasteiger partial charge in [-0.05, 0) is 26.3 Å². The van der Waals surface area contributed by atoms with E-state index in [4.69, 9.17) is 10.9 Å². The van der Waals surface area contributed by atoms with Gasteiger partial charge in [-0.25, -0.2) is 0 Å². The average molecular weight is 284 g/mol. The van der Waals surface area contributed by atoms with Crippen molar-refractivity contribution in [1.29, 1.82) is 0 Å². The van der Waals surface area contributed by atoms with Crippen molar-refractivity contribution < 1.29 is 10.0 Å². The molecule has 0 atom stereocenters. The van der Waals surface area contributed by atoms with Crippen LogP contribution in [0, 0.1) is 0 Å². The number of carbonyl (C=O) groups is 1. The molecule has 0 unspecified atom stereocenters. The smallest absolute Gasteiger partial charge is 0.220 e. The molecule has 0 aromatic heterocycles. The highest BCUT2D eigenvalue weighted by atomic mass is 16.4. The summed E-state index contributed by atoms with van der Waals surface area (Å²) in [7, 11) is 2.03. The summed E-state index contributed by atoms with van der Waals surface area (Å²) in [4.78, 5) is 14.2. The standard InChI is InChI=1S/C14H28N4O2/c1-3-4-5-6-7-12(19)16-14(13(15)17-20)8-10-18(2)11-9-14/h20H,3-11H2,1-2H3,(H2,15,17)(H,16,19). The van der Waals surface area contributed by atoms with E-state index in [0.29, 0.717) is 19.3 Å². The summed E-state index contributed by atoms with van der Waals surface area (Å²) in [5, 5.41) is 15.1. The lowest BCUT2D eigenvalue weighted by Gasteiger charge is -2.40. The molecule has 0 aliphatic carbocycles. The Morgan fingerprint density at radius 1 is 1.35 bits per heavy atom. The lowest BCUT2D eigenvalue weighted by molar-refractivity contribution is -0.122. The van der Waals surface area contributed by atoms with Gasteiger partial charge in [-0.2, -0.15) is 0 Å². The van der Waals surface area contributed by atoms with Crippen LogP contribution in [0.25, 0.3) is 0 Å². The Hall–Kier alpha value is -1.30. The zero-order valence-corrected chi connectivity index (χ0v) is 12.7. The van der Waals surface area contributed by atoms with E-state index >= 15 is 0 Å². The van der Waals surface area contributed by atoms with Crippen molar-refractivity contribution in [2.75, 3.05) is 20.1 Å². The summed E-state index contributed by atoms with van der Waals surface area (Å²) >= 11 is 0. The fourth-order valence-electron chi connectivity index (χ4n) is 2.58. The third-order valence-electron chi connectivity index (χ3n) is 4.07. The number of hydrogen-bond donors (Lipinski definition) is 3. The topological polar surface area (TPSA) is 91.0 Å². The predicted molar refractivity (Wildman–Crippen MR) is 79.8 cm³/mol. The van der Waals surface area contributed by atoms with Crippen LogP contribution in [0.1, 0.15) is 51.9 Å². The van der Waals surface area contributed by atoms with E-state index in [1.807, 2.05) is 7.05 Å². The highest BCUT2D eigenvalue weighted by molar-refractivity contribution is 5.94. The number of unbranched alkanes of at least 4 members (excludes halogenated alkanes) is 3. The molecule has 1 rings (SSSR count). The molecule has 6 nitrogen and oxygen atoms in total. The highest BCUT2D eigenvalue weighted by Gasteiger charge is 2.39. The molecule has 1 aliphatic rings. The maximum Gasteiger partial charge on any atom is 0.220 e. The average Bonchev–Trinajstić information content (AvgIpc) is 2.45. The monoisotopic (exact) mass is 284 g/mol. The highest BCUT2D eigenvalue weighted by Crippen LogP contribution is 2.22. The third-order valence-corrected chi connectivity index (χ3v) is 4.07. The van der Waals surface area contributed by atoms with E-state index in [1.54, 1.807) is 0 Å². The first-order chi connectivity index (χ1) is 9.54. The van der Waals surface area contributed by atoms with Gasteiger partial charge in [-0.3, -0.25) is 4.79 Å². The van der Waals surface area contributed by atoms with Crippen LogP contribution < -0.4 is 11.1 Å². The van der Waals surface area contributed by atoms with Crippen molar-refractivity contribution in [1.82, 2.24) is 10.2 Å². The van der Waals surface area contributed by atoms with Gasteiger partial charge in [0, 0.05) is 19.5 Å². The van der Waals surface area contributed by atoms with E-state index in [-0.39, 0.29) is 11.7 Å². The van der Waals surface area contributed by atoms with E-state index < -0.39 is 5.54 Å². The minimum absolute atomic E-state index is 0.00254. The molecule has 4 N–H and O–H groups in total. The van der Waals surface area contributed by atoms with Crippen molar-refractivity contribution in [2.24, 2.45) is 10.9 Å². The summed E-state index contributed by atoms with van der Waals surface area (Å²) < 4.78 is 0. The van der Waals surface area contributed by atoms with Gasteiger partial charge in [0.15, 0.2) is 5.84 Å². The molecule has 20 heavy (non-hydrogen) atoms. The molecule has 1 aliphatic heterocycles. The van der Waals surface area contributed by atoms with Crippen molar-refractivity contribution in [3.63, 3.8) is 0 Å². The molecule has 0 saturated carbocycles. The van der Waals surface area contributed by atoms with Crippen LogP contribution in [0.2, 0.25) is 0 Å². The molecular formula is C14H28N4O2. The molecule has 1 fully saturated rings. The van der Waals surface area contributed by atoms with Crippen LogP contribution in [0.5, 0.6) is 0 Å². The van der Waals surface area contributed by atoms with Crippen LogP contribution >= 0.6 is 0 Å². The van der Waals surface area contributed by atoms with Crippen LogP contribution in [-0.2, 0) is 4.79 Å². The van der Waals surface area contributed by atoms with E-state index in [1.165, 1.54) is 0 Å². The second kappa shape index (κ2) is 8.09. The molecule has 0 radical (unpaired) electrons. The Morgan fingerprint density at radius 2 is 2.00 bits per heavy atom. The van der Waals surface area contributed by atoms with E-state index in [0.717, 1.165) is 38.8 Å². The Morgan fingerprint density at radius 3 is 2.55 bits per heavy atom. The van der Waals surface area contributed by atoms with Gasteiger partial charge in [-0.1, -0.05) is 31.3 Å². The second-order valence-electron chi connectivity index (χ2n) is 5.73. The van der Waals surface area contributed by atoms with Crippen molar-refractivity contribution in [3.05, 3.63) is 0 Å². The van der Waals surface area contributed by atoms with Gasteiger partial charge in [0.25, 0.3) is 0 Å². The third kappa shape index (κ3) is 4.67. The molecule has 0 aromatic rings. The zero-order chi connectivity index (χ0) is 15.0. The van der Waals surface area contributed by atoms with Crippen LogP contribution in [0.3, 0.4) is 0 Å². The number of carbonyl (C=O) groups excluding carboxylic acids is 1. The van der Waals surface area contributed by atoms with E-state index in [9.17, 15) is 4.79 Å². The second-order valence-corrected chi connectivity index (χ2v) is 5.73. The maximum absolute atomic E-state index is 12.1. The van der Waals surface area contributed by atoms with Crippen molar-refractivity contribution >= 4 is 11.7 Å². The number of amidine groups is 1. The van der Waals surface area contributed by atoms with E-state index in [2.05, 4.69) is 22.3 Å². The molecule has 0 bridgehead atoms. The number of nitrogens with one attached hydrogen (secondary N) is 1. The van der Waals surface area contributed by atoms with Crippen LogP contribution in [0.15, 0.2) is 5.16 Å².